The molecule has 3 nitrogen and oxygen atoms in total. The molecule has 1 N–H and O–H groups in total. The fourth-order valence-corrected chi connectivity index (χ4v) is 4.72. The second-order valence-corrected chi connectivity index (χ2v) is 9.65. The van der Waals surface area contributed by atoms with E-state index in [1.54, 1.807) is 7.11 Å². The zero-order valence-electron chi connectivity index (χ0n) is 18.4. The van der Waals surface area contributed by atoms with E-state index in [9.17, 15) is 0 Å². The lowest BCUT2D eigenvalue weighted by Gasteiger charge is -2.36. The lowest BCUT2D eigenvalue weighted by molar-refractivity contribution is 0.142. The minimum absolute atomic E-state index is 0.193. The molecule has 0 bridgehead atoms. The highest BCUT2D eigenvalue weighted by Gasteiger charge is 2.25. The van der Waals surface area contributed by atoms with Crippen LogP contribution in [0.2, 0.25) is 0 Å². The van der Waals surface area contributed by atoms with Crippen molar-refractivity contribution in [1.82, 2.24) is 10.2 Å². The van der Waals surface area contributed by atoms with Crippen LogP contribution in [0, 0.1) is 11.8 Å². The molecule has 3 rings (SSSR count). The highest BCUT2D eigenvalue weighted by atomic mass is 35.5. The molecule has 1 aliphatic heterocycles. The molecule has 1 saturated heterocycles. The van der Waals surface area contributed by atoms with Crippen molar-refractivity contribution in [2.45, 2.75) is 63.5 Å². The number of nitrogens with zero attached hydrogens (tertiary/aromatic N) is 1. The fraction of sp³-hybridized carbons (Fsp3) is 0.680. The highest BCUT2D eigenvalue weighted by molar-refractivity contribution is 6.22. The maximum atomic E-state index is 6.18. The van der Waals surface area contributed by atoms with Crippen LogP contribution in [0.5, 0.6) is 0 Å². The van der Waals surface area contributed by atoms with Gasteiger partial charge in [0.2, 0.25) is 0 Å². The fourth-order valence-electron chi connectivity index (χ4n) is 4.56. The number of alkyl halides is 1. The van der Waals surface area contributed by atoms with E-state index >= 15 is 0 Å². The molecule has 2 unspecified atom stereocenters. The molecule has 1 fully saturated rings. The average Bonchev–Trinajstić information content (AvgIpc) is 2.74. The van der Waals surface area contributed by atoms with Crippen LogP contribution >= 0.6 is 11.6 Å². The van der Waals surface area contributed by atoms with Crippen LogP contribution in [0.15, 0.2) is 47.6 Å². The molecule has 0 amide bonds. The number of hydrogen-bond donors (Lipinski definition) is 1. The Bertz CT molecular complexity index is 629. The van der Waals surface area contributed by atoms with Gasteiger partial charge in [-0.2, -0.15) is 0 Å². The Balaban J connectivity index is 1.39. The normalized spacial score (nSPS) is 27.2. The van der Waals surface area contributed by atoms with E-state index in [1.165, 1.54) is 37.1 Å². The lowest BCUT2D eigenvalue weighted by atomic mass is 9.86. The summed E-state index contributed by atoms with van der Waals surface area (Å²) in [5.74, 6) is 1.36. The molecule has 0 radical (unpaired) electrons. The van der Waals surface area contributed by atoms with Gasteiger partial charge in [0.05, 0.1) is 11.5 Å². The third-order valence-corrected chi connectivity index (χ3v) is 6.98. The molecule has 0 aromatic carbocycles. The van der Waals surface area contributed by atoms with Crippen molar-refractivity contribution in [3.8, 4) is 0 Å². The molecule has 4 heteroatoms. The third kappa shape index (κ3) is 7.10. The van der Waals surface area contributed by atoms with Crippen LogP contribution in [0.3, 0.4) is 0 Å². The van der Waals surface area contributed by atoms with E-state index in [0.717, 1.165) is 38.3 Å². The average molecular weight is 419 g/mol. The quantitative estimate of drug-likeness (QED) is 0.527. The molecule has 3 aliphatic rings. The summed E-state index contributed by atoms with van der Waals surface area (Å²) in [6, 6.07) is 0.553. The predicted octanol–water partition coefficient (Wildman–Crippen LogP) is 5.10. The summed E-state index contributed by atoms with van der Waals surface area (Å²) < 4.78 is 5.38. The van der Waals surface area contributed by atoms with E-state index in [-0.39, 0.29) is 11.5 Å². The number of nitrogens with one attached hydrogen (secondary N) is 1. The van der Waals surface area contributed by atoms with Gasteiger partial charge in [-0.05, 0) is 69.1 Å². The van der Waals surface area contributed by atoms with Gasteiger partial charge in [0, 0.05) is 19.7 Å². The molecule has 0 aromatic heterocycles. The number of halogens is 1. The van der Waals surface area contributed by atoms with Crippen LogP contribution in [0.1, 0.15) is 46.0 Å². The highest BCUT2D eigenvalue weighted by Crippen LogP contribution is 2.29. The van der Waals surface area contributed by atoms with Crippen molar-refractivity contribution in [3.05, 3.63) is 47.6 Å². The van der Waals surface area contributed by atoms with Gasteiger partial charge in [-0.15, -0.1) is 11.6 Å². The van der Waals surface area contributed by atoms with Gasteiger partial charge in [-0.25, -0.2) is 0 Å². The molecule has 29 heavy (non-hydrogen) atoms. The Morgan fingerprint density at radius 3 is 2.52 bits per heavy atom. The van der Waals surface area contributed by atoms with Gasteiger partial charge in [-0.1, -0.05) is 55.9 Å². The van der Waals surface area contributed by atoms with Crippen LogP contribution < -0.4 is 5.32 Å². The molecule has 2 aliphatic carbocycles. The minimum atomic E-state index is 0.193. The number of hydrogen-bond acceptors (Lipinski definition) is 3. The van der Waals surface area contributed by atoms with E-state index in [4.69, 9.17) is 16.3 Å². The van der Waals surface area contributed by atoms with Gasteiger partial charge in [0.1, 0.15) is 0 Å². The largest absolute Gasteiger partial charge is 0.377 e. The van der Waals surface area contributed by atoms with Gasteiger partial charge in [-0.3, -0.25) is 0 Å². The van der Waals surface area contributed by atoms with Gasteiger partial charge in [0.25, 0.3) is 0 Å². The van der Waals surface area contributed by atoms with Gasteiger partial charge >= 0.3 is 0 Å². The predicted molar refractivity (Wildman–Crippen MR) is 125 cm³/mol. The first kappa shape index (κ1) is 22.8. The molecular weight excluding hydrogens is 380 g/mol. The topological polar surface area (TPSA) is 24.5 Å². The van der Waals surface area contributed by atoms with Crippen molar-refractivity contribution >= 4 is 11.6 Å². The van der Waals surface area contributed by atoms with E-state index in [0.29, 0.717) is 12.0 Å². The number of ether oxygens (including phenoxy) is 1. The molecule has 0 aromatic rings. The molecule has 1 heterocycles. The Labute approximate surface area is 182 Å². The van der Waals surface area contributed by atoms with Crippen molar-refractivity contribution in [3.63, 3.8) is 0 Å². The van der Waals surface area contributed by atoms with Crippen molar-refractivity contribution in [2.24, 2.45) is 11.8 Å². The van der Waals surface area contributed by atoms with Gasteiger partial charge < -0.3 is 15.0 Å². The summed E-state index contributed by atoms with van der Waals surface area (Å²) in [4.78, 5) is 2.66. The molecule has 3 atom stereocenters. The van der Waals surface area contributed by atoms with E-state index in [2.05, 4.69) is 60.5 Å². The standard InChI is InChI=1S/C25H39ClN2O/c1-19(2)25(27-15-12-20-4-10-24(29-3)11-5-20)18-28-16-13-22(14-17-28)21-6-8-23(26)9-7-21/h4-8,10,19,22-25,27H,9,11-18H2,1-3H3/t23?,24?,25-/m0/s1. The zero-order chi connectivity index (χ0) is 20.6. The van der Waals surface area contributed by atoms with Crippen molar-refractivity contribution < 1.29 is 4.74 Å². The smallest absolute Gasteiger partial charge is 0.0789 e. The first-order chi connectivity index (χ1) is 14.0. The Morgan fingerprint density at radius 2 is 1.93 bits per heavy atom. The summed E-state index contributed by atoms with van der Waals surface area (Å²) >= 11 is 6.18. The molecular formula is C25H39ClN2O. The SMILES string of the molecule is COC1C=CC(CCN[C@@H](CN2CCC(C3=CCC(Cl)C=C3)CC2)C(C)C)=CC1. The monoisotopic (exact) mass is 418 g/mol. The summed E-state index contributed by atoms with van der Waals surface area (Å²) in [6.45, 7) is 9.30. The maximum absolute atomic E-state index is 6.18. The maximum Gasteiger partial charge on any atom is 0.0789 e. The number of likely N-dealkylation sites (tertiary alicyclic amines) is 1. The summed E-state index contributed by atoms with van der Waals surface area (Å²) in [5, 5.41) is 4.03. The molecule has 162 valence electrons. The third-order valence-electron chi connectivity index (χ3n) is 6.66. The van der Waals surface area contributed by atoms with Crippen LogP contribution in [0.4, 0.5) is 0 Å². The first-order valence-electron chi connectivity index (χ1n) is 11.4. The minimum Gasteiger partial charge on any atom is -0.377 e. The number of piperidine rings is 1. The summed E-state index contributed by atoms with van der Waals surface area (Å²) in [6.07, 6.45) is 19.4. The number of methoxy groups -OCH3 is 1. The van der Waals surface area contributed by atoms with E-state index < -0.39 is 0 Å². The van der Waals surface area contributed by atoms with E-state index in [1.807, 2.05) is 0 Å². The molecule has 0 saturated carbocycles. The summed E-state index contributed by atoms with van der Waals surface area (Å²) in [5.41, 5.74) is 2.95. The van der Waals surface area contributed by atoms with Crippen molar-refractivity contribution in [1.29, 1.82) is 0 Å². The Morgan fingerprint density at radius 1 is 1.14 bits per heavy atom. The Hall–Kier alpha value is -0.870. The second kappa shape index (κ2) is 11.5. The van der Waals surface area contributed by atoms with Gasteiger partial charge in [0.15, 0.2) is 0 Å². The number of allylic oxidation sites excluding steroid dienone is 5. The Kier molecular flexibility index (Phi) is 9.05. The zero-order valence-corrected chi connectivity index (χ0v) is 19.2. The van der Waals surface area contributed by atoms with Crippen LogP contribution in [0.25, 0.3) is 0 Å². The van der Waals surface area contributed by atoms with Crippen LogP contribution in [-0.2, 0) is 4.74 Å². The first-order valence-corrected chi connectivity index (χ1v) is 11.9. The lowest BCUT2D eigenvalue weighted by Crippen LogP contribution is -2.47. The summed E-state index contributed by atoms with van der Waals surface area (Å²) in [7, 11) is 1.78. The number of rotatable bonds is 9. The second-order valence-electron chi connectivity index (χ2n) is 9.09. The molecule has 0 spiro atoms. The van der Waals surface area contributed by atoms with Crippen molar-refractivity contribution in [2.75, 3.05) is 33.3 Å². The van der Waals surface area contributed by atoms with Crippen LogP contribution in [-0.4, -0.2) is 55.7 Å².